The highest BCUT2D eigenvalue weighted by Gasteiger charge is 2.29. The van der Waals surface area contributed by atoms with Crippen molar-refractivity contribution in [2.75, 3.05) is 0 Å². The first-order chi connectivity index (χ1) is 15.4. The number of carbonyl (C=O) groups is 1. The topological polar surface area (TPSA) is 85.9 Å². The Morgan fingerprint density at radius 2 is 2.00 bits per heavy atom. The van der Waals surface area contributed by atoms with Crippen molar-refractivity contribution in [2.24, 2.45) is 4.99 Å². The minimum Gasteiger partial charge on any atom is -0.490 e. The zero-order valence-electron chi connectivity index (χ0n) is 18.1. The Morgan fingerprint density at radius 1 is 1.19 bits per heavy atom. The molecule has 1 saturated carbocycles. The van der Waals surface area contributed by atoms with Gasteiger partial charge in [0.05, 0.1) is 36.3 Å². The van der Waals surface area contributed by atoms with Gasteiger partial charge < -0.3 is 14.6 Å². The van der Waals surface area contributed by atoms with Crippen molar-refractivity contribution in [3.05, 3.63) is 65.4 Å². The highest BCUT2D eigenvalue weighted by Crippen LogP contribution is 2.33. The SMILES string of the molecule is CC(C)(OCc1cc(-c2cccc(OC3CC3)c2)n(-c2cccc3c2CN=C3)n1)C(=O)O. The first-order valence-corrected chi connectivity index (χ1v) is 10.8. The number of hydrogen-bond donors (Lipinski definition) is 1. The van der Waals surface area contributed by atoms with E-state index in [1.54, 1.807) is 0 Å². The number of ether oxygens (including phenoxy) is 2. The Morgan fingerprint density at radius 3 is 2.78 bits per heavy atom. The van der Waals surface area contributed by atoms with Crippen LogP contribution in [0.3, 0.4) is 0 Å². The largest absolute Gasteiger partial charge is 0.490 e. The summed E-state index contributed by atoms with van der Waals surface area (Å²) in [4.78, 5) is 15.8. The molecule has 7 nitrogen and oxygen atoms in total. The van der Waals surface area contributed by atoms with E-state index in [4.69, 9.17) is 14.6 Å². The summed E-state index contributed by atoms with van der Waals surface area (Å²) in [6.07, 6.45) is 4.39. The first kappa shape index (κ1) is 20.5. The van der Waals surface area contributed by atoms with E-state index in [2.05, 4.69) is 4.99 Å². The number of carboxylic acid groups (broad SMARTS) is 1. The molecular formula is C25H25N3O4. The van der Waals surface area contributed by atoms with E-state index in [1.807, 2.05) is 59.4 Å². The van der Waals surface area contributed by atoms with Gasteiger partial charge in [-0.05, 0) is 56.5 Å². The van der Waals surface area contributed by atoms with E-state index < -0.39 is 11.6 Å². The second kappa shape index (κ2) is 7.91. The number of aliphatic carboxylic acids is 1. The van der Waals surface area contributed by atoms with E-state index in [1.165, 1.54) is 13.8 Å². The lowest BCUT2D eigenvalue weighted by atomic mass is 10.1. The van der Waals surface area contributed by atoms with Gasteiger partial charge in [-0.3, -0.25) is 4.99 Å². The predicted molar refractivity (Wildman–Crippen MR) is 120 cm³/mol. The second-order valence-electron chi connectivity index (χ2n) is 8.70. The molecule has 0 radical (unpaired) electrons. The number of fused-ring (bicyclic) bond motifs is 1. The van der Waals surface area contributed by atoms with E-state index >= 15 is 0 Å². The molecule has 0 unspecified atom stereocenters. The number of aliphatic imine (C=N–C) groups is 1. The van der Waals surface area contributed by atoms with Crippen LogP contribution in [0.25, 0.3) is 16.9 Å². The van der Waals surface area contributed by atoms with Crippen molar-refractivity contribution in [1.82, 2.24) is 9.78 Å². The molecule has 1 aliphatic heterocycles. The Balaban J connectivity index is 1.55. The Hall–Kier alpha value is -3.45. The molecule has 1 fully saturated rings. The monoisotopic (exact) mass is 431 g/mol. The summed E-state index contributed by atoms with van der Waals surface area (Å²) in [6.45, 7) is 3.76. The number of aromatic nitrogens is 2. The second-order valence-corrected chi connectivity index (χ2v) is 8.70. The number of benzene rings is 2. The van der Waals surface area contributed by atoms with Crippen molar-refractivity contribution in [1.29, 1.82) is 0 Å². The summed E-state index contributed by atoms with van der Waals surface area (Å²) in [6, 6.07) is 16.0. The summed E-state index contributed by atoms with van der Waals surface area (Å²) in [7, 11) is 0. The van der Waals surface area contributed by atoms with Crippen LogP contribution in [0.1, 0.15) is 43.5 Å². The van der Waals surface area contributed by atoms with Gasteiger partial charge in [-0.15, -0.1) is 0 Å². The average Bonchev–Trinajstić information content (AvgIpc) is 3.28. The maximum atomic E-state index is 11.4. The minimum atomic E-state index is -1.30. The molecule has 164 valence electrons. The lowest BCUT2D eigenvalue weighted by Crippen LogP contribution is -2.34. The number of rotatable bonds is 8. The van der Waals surface area contributed by atoms with E-state index in [0.29, 0.717) is 18.3 Å². The van der Waals surface area contributed by atoms with Crippen molar-refractivity contribution >= 4 is 12.2 Å². The molecule has 0 amide bonds. The molecule has 1 N–H and O–H groups in total. The van der Waals surface area contributed by atoms with Crippen LogP contribution in [-0.2, 0) is 22.7 Å². The maximum absolute atomic E-state index is 11.4. The van der Waals surface area contributed by atoms with Crippen LogP contribution < -0.4 is 4.74 Å². The summed E-state index contributed by atoms with van der Waals surface area (Å²) in [5.74, 6) is -0.177. The summed E-state index contributed by atoms with van der Waals surface area (Å²) in [5.41, 5.74) is 4.35. The fourth-order valence-corrected chi connectivity index (χ4v) is 3.63. The highest BCUT2D eigenvalue weighted by atomic mass is 16.5. The van der Waals surface area contributed by atoms with Gasteiger partial charge in [0.15, 0.2) is 5.60 Å². The normalized spacial score (nSPS) is 15.1. The molecule has 7 heteroatoms. The van der Waals surface area contributed by atoms with Gasteiger partial charge in [-0.1, -0.05) is 24.3 Å². The van der Waals surface area contributed by atoms with Crippen molar-refractivity contribution < 1.29 is 19.4 Å². The van der Waals surface area contributed by atoms with E-state index in [0.717, 1.165) is 46.7 Å². The number of carboxylic acids is 1. The zero-order valence-corrected chi connectivity index (χ0v) is 18.1. The first-order valence-electron chi connectivity index (χ1n) is 10.8. The Bertz CT molecular complexity index is 1210. The molecule has 0 atom stereocenters. The lowest BCUT2D eigenvalue weighted by Gasteiger charge is -2.19. The molecular weight excluding hydrogens is 406 g/mol. The quantitative estimate of drug-likeness (QED) is 0.572. The van der Waals surface area contributed by atoms with E-state index in [9.17, 15) is 9.90 Å². The molecule has 2 aromatic carbocycles. The molecule has 2 heterocycles. The number of hydrogen-bond acceptors (Lipinski definition) is 5. The minimum absolute atomic E-state index is 0.0864. The van der Waals surface area contributed by atoms with Crippen LogP contribution >= 0.6 is 0 Å². The average molecular weight is 431 g/mol. The summed E-state index contributed by atoms with van der Waals surface area (Å²) in [5, 5.41) is 14.2. The third kappa shape index (κ3) is 4.03. The van der Waals surface area contributed by atoms with Gasteiger partial charge in [0, 0.05) is 17.3 Å². The van der Waals surface area contributed by atoms with Gasteiger partial charge >= 0.3 is 5.97 Å². The summed E-state index contributed by atoms with van der Waals surface area (Å²) >= 11 is 0. The van der Waals surface area contributed by atoms with Gasteiger partial charge in [0.25, 0.3) is 0 Å². The van der Waals surface area contributed by atoms with E-state index in [-0.39, 0.29) is 6.61 Å². The molecule has 0 spiro atoms. The fraction of sp³-hybridized carbons (Fsp3) is 0.320. The third-order valence-corrected chi connectivity index (χ3v) is 5.71. The van der Waals surface area contributed by atoms with Gasteiger partial charge in [0.2, 0.25) is 0 Å². The van der Waals surface area contributed by atoms with Gasteiger partial charge in [-0.25, -0.2) is 9.48 Å². The Labute approximate surface area is 186 Å². The van der Waals surface area contributed by atoms with Crippen molar-refractivity contribution in [3.63, 3.8) is 0 Å². The van der Waals surface area contributed by atoms with Gasteiger partial charge in [-0.2, -0.15) is 5.10 Å². The standard InChI is InChI=1S/C25H25N3O4/c1-25(2,24(29)30)31-15-18-12-23(16-5-3-7-20(11-16)32-19-9-10-19)28(27-18)22-8-4-6-17-13-26-14-21(17)22/h3-8,11-13,19H,9-10,14-15H2,1-2H3,(H,29,30). The molecule has 0 saturated heterocycles. The molecule has 32 heavy (non-hydrogen) atoms. The fourth-order valence-electron chi connectivity index (χ4n) is 3.63. The zero-order chi connectivity index (χ0) is 22.3. The number of nitrogens with zero attached hydrogens (tertiary/aromatic N) is 3. The Kier molecular flexibility index (Phi) is 5.06. The molecule has 5 rings (SSSR count). The molecule has 0 bridgehead atoms. The third-order valence-electron chi connectivity index (χ3n) is 5.71. The smallest absolute Gasteiger partial charge is 0.335 e. The molecule has 1 aromatic heterocycles. The van der Waals surface area contributed by atoms with Crippen molar-refractivity contribution in [3.8, 4) is 22.7 Å². The van der Waals surface area contributed by atoms with Crippen LogP contribution in [0.2, 0.25) is 0 Å². The van der Waals surface area contributed by atoms with Crippen LogP contribution in [0.5, 0.6) is 5.75 Å². The van der Waals surface area contributed by atoms with Crippen LogP contribution in [0.15, 0.2) is 53.5 Å². The van der Waals surface area contributed by atoms with Crippen LogP contribution in [0, 0.1) is 0 Å². The van der Waals surface area contributed by atoms with Crippen LogP contribution in [0.4, 0.5) is 0 Å². The molecule has 1 aliphatic carbocycles. The highest BCUT2D eigenvalue weighted by molar-refractivity contribution is 5.86. The molecule has 2 aliphatic rings. The van der Waals surface area contributed by atoms with Gasteiger partial charge in [0.1, 0.15) is 5.75 Å². The predicted octanol–water partition coefficient (Wildman–Crippen LogP) is 4.39. The maximum Gasteiger partial charge on any atom is 0.335 e. The molecule has 3 aromatic rings. The van der Waals surface area contributed by atoms with Crippen LogP contribution in [-0.4, -0.2) is 38.8 Å². The summed E-state index contributed by atoms with van der Waals surface area (Å²) < 4.78 is 13.6. The lowest BCUT2D eigenvalue weighted by molar-refractivity contribution is -0.162. The van der Waals surface area contributed by atoms with Crippen molar-refractivity contribution in [2.45, 2.75) is 51.5 Å².